The predicted octanol–water partition coefficient (Wildman–Crippen LogP) is 6.31. The fraction of sp³-hybridized carbons (Fsp3) is 0.273. The van der Waals surface area contributed by atoms with Crippen LogP contribution in [-0.2, 0) is 16.1 Å². The van der Waals surface area contributed by atoms with E-state index in [9.17, 15) is 9.18 Å². The summed E-state index contributed by atoms with van der Waals surface area (Å²) >= 11 is 13.8. The molecule has 162 valence electrons. The van der Waals surface area contributed by atoms with E-state index in [-0.39, 0.29) is 17.8 Å². The number of carbonyl (C=O) groups is 1. The van der Waals surface area contributed by atoms with Crippen molar-refractivity contribution >= 4 is 72.1 Å². The van der Waals surface area contributed by atoms with E-state index < -0.39 is 0 Å². The molecule has 0 spiro atoms. The molecule has 0 aromatic heterocycles. The van der Waals surface area contributed by atoms with Gasteiger partial charge >= 0.3 is 0 Å². The maximum Gasteiger partial charge on any atom is 0.266 e. The van der Waals surface area contributed by atoms with E-state index in [0.717, 1.165) is 39.5 Å². The zero-order valence-electron chi connectivity index (χ0n) is 16.3. The normalized spacial score (nSPS) is 20.2. The molecular formula is C22H18Br2FNO3S2. The summed E-state index contributed by atoms with van der Waals surface area (Å²) < 4.78 is 26.6. The molecule has 2 aliphatic rings. The molecule has 4 nitrogen and oxygen atoms in total. The van der Waals surface area contributed by atoms with Crippen molar-refractivity contribution in [2.45, 2.75) is 25.6 Å². The van der Waals surface area contributed by atoms with Crippen molar-refractivity contribution in [1.29, 1.82) is 0 Å². The SMILES string of the molecule is O=C1/C(=C/c2cc(Br)c(OCc3ccc(F)cc3)c(Br)c2)SC(=S)N1C[C@H]1CCCO1. The zero-order chi connectivity index (χ0) is 22.0. The minimum atomic E-state index is -0.281. The number of nitrogens with zero attached hydrogens (tertiary/aromatic N) is 1. The molecule has 0 radical (unpaired) electrons. The molecular weight excluding hydrogens is 569 g/mol. The van der Waals surface area contributed by atoms with Gasteiger partial charge in [-0.05, 0) is 86.2 Å². The maximum atomic E-state index is 13.1. The Morgan fingerprint density at radius 3 is 2.61 bits per heavy atom. The van der Waals surface area contributed by atoms with E-state index in [1.54, 1.807) is 17.0 Å². The number of thiocarbonyl (C=S) groups is 1. The number of hydrogen-bond donors (Lipinski definition) is 0. The van der Waals surface area contributed by atoms with Gasteiger partial charge in [-0.25, -0.2) is 4.39 Å². The van der Waals surface area contributed by atoms with Gasteiger partial charge in [-0.2, -0.15) is 0 Å². The highest BCUT2D eigenvalue weighted by atomic mass is 79.9. The molecule has 4 rings (SSSR count). The summed E-state index contributed by atoms with van der Waals surface area (Å²) in [7, 11) is 0. The van der Waals surface area contributed by atoms with Crippen molar-refractivity contribution in [3.05, 3.63) is 67.2 Å². The van der Waals surface area contributed by atoms with E-state index in [0.29, 0.717) is 28.1 Å². The summed E-state index contributed by atoms with van der Waals surface area (Å²) in [5.41, 5.74) is 1.70. The van der Waals surface area contributed by atoms with E-state index in [1.165, 1.54) is 23.9 Å². The van der Waals surface area contributed by atoms with Gasteiger partial charge in [0.1, 0.15) is 22.5 Å². The van der Waals surface area contributed by atoms with Crippen LogP contribution in [-0.4, -0.2) is 34.4 Å². The molecule has 0 bridgehead atoms. The van der Waals surface area contributed by atoms with Gasteiger partial charge < -0.3 is 9.47 Å². The Kier molecular flexibility index (Phi) is 7.48. The molecule has 2 heterocycles. The standard InChI is InChI=1S/C22H18Br2FNO3S2/c23-17-8-14(9-18(24)20(17)29-12-13-3-5-15(25)6-4-13)10-19-21(27)26(22(30)31-19)11-16-2-1-7-28-16/h3-6,8-10,16H,1-2,7,11-12H2/b19-10-/t16-/m1/s1. The molecule has 1 amide bonds. The Hall–Kier alpha value is -1.26. The van der Waals surface area contributed by atoms with Gasteiger partial charge in [-0.3, -0.25) is 9.69 Å². The molecule has 0 N–H and O–H groups in total. The Bertz CT molecular complexity index is 1020. The summed E-state index contributed by atoms with van der Waals surface area (Å²) in [6.45, 7) is 1.55. The van der Waals surface area contributed by atoms with Gasteiger partial charge in [0, 0.05) is 6.61 Å². The Balaban J connectivity index is 1.47. The number of rotatable bonds is 6. The smallest absolute Gasteiger partial charge is 0.266 e. The van der Waals surface area contributed by atoms with Crippen LogP contribution in [0.5, 0.6) is 5.75 Å². The van der Waals surface area contributed by atoms with Crippen molar-refractivity contribution in [2.24, 2.45) is 0 Å². The van der Waals surface area contributed by atoms with E-state index >= 15 is 0 Å². The Morgan fingerprint density at radius 1 is 1.26 bits per heavy atom. The third-order valence-electron chi connectivity index (χ3n) is 4.90. The number of carbonyl (C=O) groups excluding carboxylic acids is 1. The maximum absolute atomic E-state index is 13.1. The lowest BCUT2D eigenvalue weighted by molar-refractivity contribution is -0.123. The van der Waals surface area contributed by atoms with Gasteiger partial charge in [0.2, 0.25) is 0 Å². The molecule has 2 fully saturated rings. The lowest BCUT2D eigenvalue weighted by Crippen LogP contribution is -2.35. The van der Waals surface area contributed by atoms with Crippen LogP contribution >= 0.6 is 55.8 Å². The Morgan fingerprint density at radius 2 is 1.97 bits per heavy atom. The molecule has 31 heavy (non-hydrogen) atoms. The third-order valence-corrected chi connectivity index (χ3v) is 7.45. The fourth-order valence-corrected chi connectivity index (χ4v) is 6.06. The lowest BCUT2D eigenvalue weighted by atomic mass is 10.2. The number of amides is 1. The van der Waals surface area contributed by atoms with Crippen LogP contribution in [0.15, 0.2) is 50.2 Å². The Labute approximate surface area is 206 Å². The number of thioether (sulfide) groups is 1. The van der Waals surface area contributed by atoms with Gasteiger partial charge in [-0.1, -0.05) is 36.1 Å². The summed E-state index contributed by atoms with van der Waals surface area (Å²) in [4.78, 5) is 15.1. The topological polar surface area (TPSA) is 38.8 Å². The van der Waals surface area contributed by atoms with Crippen LogP contribution < -0.4 is 4.74 Å². The molecule has 2 aromatic rings. The predicted molar refractivity (Wildman–Crippen MR) is 131 cm³/mol. The van der Waals surface area contributed by atoms with Crippen molar-refractivity contribution in [2.75, 3.05) is 13.2 Å². The van der Waals surface area contributed by atoms with Crippen LogP contribution in [0.1, 0.15) is 24.0 Å². The highest BCUT2D eigenvalue weighted by Gasteiger charge is 2.34. The highest BCUT2D eigenvalue weighted by Crippen LogP contribution is 2.38. The molecule has 0 saturated carbocycles. The molecule has 9 heteroatoms. The summed E-state index contributed by atoms with van der Waals surface area (Å²) in [5.74, 6) is 0.262. The summed E-state index contributed by atoms with van der Waals surface area (Å²) in [6.07, 6.45) is 3.86. The number of hydrogen-bond acceptors (Lipinski definition) is 5. The van der Waals surface area contributed by atoms with Gasteiger partial charge in [0.15, 0.2) is 0 Å². The van der Waals surface area contributed by atoms with Crippen molar-refractivity contribution in [1.82, 2.24) is 4.90 Å². The molecule has 2 aromatic carbocycles. The minimum absolute atomic E-state index is 0.0580. The molecule has 2 saturated heterocycles. The average molecular weight is 587 g/mol. The number of ether oxygens (including phenoxy) is 2. The zero-order valence-corrected chi connectivity index (χ0v) is 21.1. The average Bonchev–Trinajstić information content (AvgIpc) is 3.33. The fourth-order valence-electron chi connectivity index (χ4n) is 3.34. The first-order valence-electron chi connectivity index (χ1n) is 9.64. The molecule has 2 aliphatic heterocycles. The second kappa shape index (κ2) is 10.1. The van der Waals surface area contributed by atoms with Crippen molar-refractivity contribution in [3.8, 4) is 5.75 Å². The highest BCUT2D eigenvalue weighted by molar-refractivity contribution is 9.11. The van der Waals surface area contributed by atoms with E-state index in [2.05, 4.69) is 31.9 Å². The van der Waals surface area contributed by atoms with Crippen LogP contribution in [0.4, 0.5) is 4.39 Å². The summed E-state index contributed by atoms with van der Waals surface area (Å²) in [5, 5.41) is 0. The lowest BCUT2D eigenvalue weighted by Gasteiger charge is -2.18. The van der Waals surface area contributed by atoms with Crippen molar-refractivity contribution < 1.29 is 18.7 Å². The quantitative estimate of drug-likeness (QED) is 0.293. The second-order valence-corrected chi connectivity index (χ2v) is 10.5. The first kappa shape index (κ1) is 22.9. The minimum Gasteiger partial charge on any atom is -0.487 e. The summed E-state index contributed by atoms with van der Waals surface area (Å²) in [6, 6.07) is 9.95. The van der Waals surface area contributed by atoms with Crippen LogP contribution in [0.3, 0.4) is 0 Å². The third kappa shape index (κ3) is 5.57. The van der Waals surface area contributed by atoms with E-state index in [1.807, 2.05) is 18.2 Å². The number of benzene rings is 2. The first-order valence-corrected chi connectivity index (χ1v) is 12.4. The molecule has 0 unspecified atom stereocenters. The van der Waals surface area contributed by atoms with Crippen LogP contribution in [0.25, 0.3) is 6.08 Å². The van der Waals surface area contributed by atoms with Gasteiger partial charge in [0.25, 0.3) is 5.91 Å². The molecule has 0 aliphatic carbocycles. The second-order valence-electron chi connectivity index (χ2n) is 7.16. The van der Waals surface area contributed by atoms with Gasteiger partial charge in [-0.15, -0.1) is 0 Å². The monoisotopic (exact) mass is 585 g/mol. The van der Waals surface area contributed by atoms with E-state index in [4.69, 9.17) is 21.7 Å². The largest absolute Gasteiger partial charge is 0.487 e. The number of halogens is 3. The van der Waals surface area contributed by atoms with Crippen LogP contribution in [0.2, 0.25) is 0 Å². The first-order chi connectivity index (χ1) is 14.9. The van der Waals surface area contributed by atoms with Crippen molar-refractivity contribution in [3.63, 3.8) is 0 Å². The van der Waals surface area contributed by atoms with Gasteiger partial charge in [0.05, 0.1) is 26.5 Å². The van der Waals surface area contributed by atoms with Crippen LogP contribution in [0, 0.1) is 5.82 Å². The molecule has 1 atom stereocenters.